The molecule has 0 aliphatic carbocycles. The number of carbonyl (C=O) groups excluding carboxylic acids is 1. The highest BCUT2D eigenvalue weighted by molar-refractivity contribution is 5.92. The summed E-state index contributed by atoms with van der Waals surface area (Å²) in [5.74, 6) is -1.02. The van der Waals surface area contributed by atoms with Crippen LogP contribution in [0.1, 0.15) is 13.8 Å². The molecule has 7 heteroatoms. The van der Waals surface area contributed by atoms with Crippen molar-refractivity contribution in [2.75, 3.05) is 5.32 Å². The summed E-state index contributed by atoms with van der Waals surface area (Å²) in [4.78, 5) is 29.6. The monoisotopic (exact) mass is 224 g/mol. The van der Waals surface area contributed by atoms with Crippen molar-refractivity contribution in [3.8, 4) is 0 Å². The van der Waals surface area contributed by atoms with Gasteiger partial charge in [-0.05, 0) is 19.9 Å². The lowest BCUT2D eigenvalue weighted by Crippen LogP contribution is -2.51. The lowest BCUT2D eigenvalue weighted by Gasteiger charge is -2.20. The van der Waals surface area contributed by atoms with Crippen LogP contribution in [0.3, 0.4) is 0 Å². The number of amides is 2. The fourth-order valence-electron chi connectivity index (χ4n) is 0.834. The van der Waals surface area contributed by atoms with Crippen molar-refractivity contribution in [3.63, 3.8) is 0 Å². The fraction of sp³-hybridized carbons (Fsp3) is 0.333. The number of hydrogen-bond acceptors (Lipinski definition) is 4. The van der Waals surface area contributed by atoms with Crippen LogP contribution in [0.5, 0.6) is 0 Å². The molecule has 0 aliphatic heterocycles. The second-order valence-electron chi connectivity index (χ2n) is 3.58. The summed E-state index contributed by atoms with van der Waals surface area (Å²) in [6.07, 6.45) is 2.93. The summed E-state index contributed by atoms with van der Waals surface area (Å²) in [7, 11) is 0. The first-order chi connectivity index (χ1) is 7.42. The number of carboxylic acids is 1. The van der Waals surface area contributed by atoms with Gasteiger partial charge in [0.15, 0.2) is 0 Å². The lowest BCUT2D eigenvalue weighted by atomic mass is 10.1. The zero-order valence-electron chi connectivity index (χ0n) is 8.89. The number of nitrogens with one attached hydrogen (secondary N) is 2. The maximum absolute atomic E-state index is 11.4. The molecule has 16 heavy (non-hydrogen) atoms. The van der Waals surface area contributed by atoms with Gasteiger partial charge in [-0.25, -0.2) is 19.6 Å². The Bertz CT molecular complexity index is 391. The van der Waals surface area contributed by atoms with E-state index in [0.29, 0.717) is 0 Å². The van der Waals surface area contributed by atoms with Crippen LogP contribution in [0.15, 0.2) is 18.5 Å². The maximum Gasteiger partial charge on any atom is 0.328 e. The smallest absolute Gasteiger partial charge is 0.328 e. The second kappa shape index (κ2) is 4.56. The van der Waals surface area contributed by atoms with Gasteiger partial charge in [-0.1, -0.05) is 0 Å². The van der Waals surface area contributed by atoms with Crippen molar-refractivity contribution in [1.82, 2.24) is 15.3 Å². The highest BCUT2D eigenvalue weighted by Crippen LogP contribution is 2.02. The van der Waals surface area contributed by atoms with E-state index in [-0.39, 0.29) is 5.95 Å². The number of carbonyl (C=O) groups is 2. The minimum atomic E-state index is -1.35. The fourth-order valence-corrected chi connectivity index (χ4v) is 0.834. The van der Waals surface area contributed by atoms with E-state index in [2.05, 4.69) is 20.6 Å². The van der Waals surface area contributed by atoms with E-state index in [9.17, 15) is 9.59 Å². The zero-order chi connectivity index (χ0) is 12.2. The van der Waals surface area contributed by atoms with Crippen molar-refractivity contribution in [1.29, 1.82) is 0 Å². The molecule has 0 saturated heterocycles. The molecule has 0 bridgehead atoms. The van der Waals surface area contributed by atoms with E-state index in [4.69, 9.17) is 5.11 Å². The Labute approximate surface area is 91.9 Å². The molecule has 0 aromatic carbocycles. The topological polar surface area (TPSA) is 104 Å². The molecule has 2 amide bonds. The van der Waals surface area contributed by atoms with Gasteiger partial charge in [-0.3, -0.25) is 5.32 Å². The van der Waals surface area contributed by atoms with Gasteiger partial charge in [0.2, 0.25) is 5.95 Å². The molecule has 86 valence electrons. The highest BCUT2D eigenvalue weighted by Gasteiger charge is 2.29. The molecule has 0 fully saturated rings. The molecule has 1 heterocycles. The van der Waals surface area contributed by atoms with Crippen LogP contribution >= 0.6 is 0 Å². The van der Waals surface area contributed by atoms with Crippen molar-refractivity contribution in [2.45, 2.75) is 19.4 Å². The number of anilines is 1. The van der Waals surface area contributed by atoms with Gasteiger partial charge >= 0.3 is 12.0 Å². The second-order valence-corrected chi connectivity index (χ2v) is 3.58. The Morgan fingerprint density at radius 3 is 2.38 bits per heavy atom. The quantitative estimate of drug-likeness (QED) is 0.691. The molecule has 0 aliphatic rings. The molecule has 1 aromatic rings. The summed E-state index contributed by atoms with van der Waals surface area (Å²) in [5.41, 5.74) is -1.35. The number of carboxylic acid groups (broad SMARTS) is 1. The van der Waals surface area contributed by atoms with Crippen LogP contribution < -0.4 is 10.6 Å². The van der Waals surface area contributed by atoms with Gasteiger partial charge in [0, 0.05) is 12.4 Å². The number of nitrogens with zero attached hydrogens (tertiary/aromatic N) is 2. The van der Waals surface area contributed by atoms with Crippen LogP contribution in [-0.2, 0) is 4.79 Å². The average molecular weight is 224 g/mol. The first kappa shape index (κ1) is 11.9. The van der Waals surface area contributed by atoms with Crippen LogP contribution in [0.4, 0.5) is 10.7 Å². The summed E-state index contributed by atoms with van der Waals surface area (Å²) >= 11 is 0. The highest BCUT2D eigenvalue weighted by atomic mass is 16.4. The molecule has 0 radical (unpaired) electrons. The van der Waals surface area contributed by atoms with E-state index >= 15 is 0 Å². The zero-order valence-corrected chi connectivity index (χ0v) is 8.89. The number of hydrogen-bond donors (Lipinski definition) is 3. The summed E-state index contributed by atoms with van der Waals surface area (Å²) < 4.78 is 0. The standard InChI is InChI=1S/C9H12N4O3/c1-9(2,6(14)15)13-8(16)12-7-10-4-3-5-11-7/h3-5H,1-2H3,(H,14,15)(H2,10,11,12,13,16). The summed E-state index contributed by atoms with van der Waals surface area (Å²) in [5, 5.41) is 13.4. The van der Waals surface area contributed by atoms with Crippen LogP contribution in [-0.4, -0.2) is 32.6 Å². The van der Waals surface area contributed by atoms with E-state index in [0.717, 1.165) is 0 Å². The SMILES string of the molecule is CC(C)(NC(=O)Nc1ncccn1)C(=O)O. The minimum absolute atomic E-state index is 0.112. The third-order valence-corrected chi connectivity index (χ3v) is 1.75. The van der Waals surface area contributed by atoms with Crippen LogP contribution in [0, 0.1) is 0 Å². The van der Waals surface area contributed by atoms with Gasteiger partial charge in [0.05, 0.1) is 0 Å². The molecule has 3 N–H and O–H groups in total. The van der Waals surface area contributed by atoms with Crippen molar-refractivity contribution >= 4 is 17.9 Å². The first-order valence-corrected chi connectivity index (χ1v) is 4.51. The molecule has 1 rings (SSSR count). The average Bonchev–Trinajstić information content (AvgIpc) is 2.17. The third-order valence-electron chi connectivity index (χ3n) is 1.75. The predicted octanol–water partition coefficient (Wildman–Crippen LogP) is 0.461. The summed E-state index contributed by atoms with van der Waals surface area (Å²) in [6, 6.07) is 0.933. The van der Waals surface area contributed by atoms with Crippen LogP contribution in [0.2, 0.25) is 0 Å². The Hall–Kier alpha value is -2.18. The van der Waals surface area contributed by atoms with E-state index in [1.807, 2.05) is 0 Å². The van der Waals surface area contributed by atoms with Crippen molar-refractivity contribution in [2.24, 2.45) is 0 Å². The number of rotatable bonds is 3. The largest absolute Gasteiger partial charge is 0.480 e. The molecular formula is C9H12N4O3. The minimum Gasteiger partial charge on any atom is -0.480 e. The normalized spacial score (nSPS) is 10.6. The Morgan fingerprint density at radius 1 is 1.31 bits per heavy atom. The Balaban J connectivity index is 2.58. The predicted molar refractivity (Wildman–Crippen MR) is 55.9 cm³/mol. The molecular weight excluding hydrogens is 212 g/mol. The van der Waals surface area contributed by atoms with E-state index in [1.54, 1.807) is 6.07 Å². The van der Waals surface area contributed by atoms with E-state index in [1.165, 1.54) is 26.2 Å². The molecule has 0 saturated carbocycles. The first-order valence-electron chi connectivity index (χ1n) is 4.51. The Kier molecular flexibility index (Phi) is 3.39. The van der Waals surface area contributed by atoms with Gasteiger partial charge in [-0.2, -0.15) is 0 Å². The molecule has 7 nitrogen and oxygen atoms in total. The van der Waals surface area contributed by atoms with Gasteiger partial charge < -0.3 is 10.4 Å². The maximum atomic E-state index is 11.4. The third kappa shape index (κ3) is 3.19. The van der Waals surface area contributed by atoms with Gasteiger partial charge in [-0.15, -0.1) is 0 Å². The Morgan fingerprint density at radius 2 is 1.88 bits per heavy atom. The van der Waals surface area contributed by atoms with Gasteiger partial charge in [0.1, 0.15) is 5.54 Å². The van der Waals surface area contributed by atoms with Crippen molar-refractivity contribution in [3.05, 3.63) is 18.5 Å². The molecule has 1 aromatic heterocycles. The van der Waals surface area contributed by atoms with E-state index < -0.39 is 17.5 Å². The van der Waals surface area contributed by atoms with Crippen LogP contribution in [0.25, 0.3) is 0 Å². The van der Waals surface area contributed by atoms with Gasteiger partial charge in [0.25, 0.3) is 0 Å². The molecule has 0 atom stereocenters. The summed E-state index contributed by atoms with van der Waals surface area (Å²) in [6.45, 7) is 2.75. The molecule has 0 unspecified atom stereocenters. The lowest BCUT2D eigenvalue weighted by molar-refractivity contribution is -0.142. The molecule has 0 spiro atoms. The number of urea groups is 1. The van der Waals surface area contributed by atoms with Crippen molar-refractivity contribution < 1.29 is 14.7 Å². The number of aromatic nitrogens is 2. The number of aliphatic carboxylic acids is 1.